The van der Waals surface area contributed by atoms with Crippen LogP contribution in [-0.2, 0) is 0 Å². The van der Waals surface area contributed by atoms with Crippen molar-refractivity contribution in [2.24, 2.45) is 52.3 Å². The van der Waals surface area contributed by atoms with Crippen LogP contribution in [0.2, 0.25) is 0 Å². The second kappa shape index (κ2) is 8.86. The highest BCUT2D eigenvalue weighted by molar-refractivity contribution is 5.29. The first kappa shape index (κ1) is 24.5. The fraction of sp³-hybridized carbons (Fsp3) is 0.862. The molecule has 0 amide bonds. The van der Waals surface area contributed by atoms with Crippen molar-refractivity contribution < 1.29 is 15.3 Å². The standard InChI is InChI=1S/C29H48O3/c1-7-19(17(2)3)9-8-18(4)22-10-11-23-26-24(31)15-20-14-21(30)12-13-28(20,5)27(26)25(32)16-29(22,23)6/h8-9,15,17-19,21-27,30-32H,7,10-14,16H2,1-6H3/b9-8+/t18-,19-,21+,22-,23+,24-,25-,26-,27+,28+,29-/m1/s1. The number of hydrogen-bond acceptors (Lipinski definition) is 3. The molecule has 0 saturated heterocycles. The van der Waals surface area contributed by atoms with E-state index in [-0.39, 0.29) is 34.9 Å². The highest BCUT2D eigenvalue weighted by Gasteiger charge is 2.63. The first-order valence-electron chi connectivity index (χ1n) is 13.5. The van der Waals surface area contributed by atoms with E-state index in [1.807, 2.05) is 0 Å². The number of hydrogen-bond donors (Lipinski definition) is 3. The van der Waals surface area contributed by atoms with E-state index in [9.17, 15) is 15.3 Å². The normalized spacial score (nSPS) is 48.2. The molecule has 3 heteroatoms. The minimum absolute atomic E-state index is 0.0702. The third-order valence-corrected chi connectivity index (χ3v) is 10.7. The monoisotopic (exact) mass is 444 g/mol. The van der Waals surface area contributed by atoms with Gasteiger partial charge in [-0.05, 0) is 97.2 Å². The van der Waals surface area contributed by atoms with Gasteiger partial charge in [-0.25, -0.2) is 0 Å². The number of fused-ring (bicyclic) bond motifs is 5. The summed E-state index contributed by atoms with van der Waals surface area (Å²) >= 11 is 0. The summed E-state index contributed by atoms with van der Waals surface area (Å²) in [6.07, 6.45) is 12.6. The van der Waals surface area contributed by atoms with E-state index in [1.165, 1.54) is 18.4 Å². The largest absolute Gasteiger partial charge is 0.393 e. The quantitative estimate of drug-likeness (QED) is 0.474. The van der Waals surface area contributed by atoms with Crippen LogP contribution in [0.3, 0.4) is 0 Å². The Labute approximate surface area is 196 Å². The molecule has 3 nitrogen and oxygen atoms in total. The topological polar surface area (TPSA) is 60.7 Å². The van der Waals surface area contributed by atoms with Gasteiger partial charge >= 0.3 is 0 Å². The Balaban J connectivity index is 1.61. The van der Waals surface area contributed by atoms with Gasteiger partial charge in [-0.2, -0.15) is 0 Å². The number of rotatable bonds is 5. The Morgan fingerprint density at radius 2 is 1.78 bits per heavy atom. The lowest BCUT2D eigenvalue weighted by molar-refractivity contribution is -0.154. The molecule has 0 unspecified atom stereocenters. The van der Waals surface area contributed by atoms with E-state index in [0.717, 1.165) is 25.7 Å². The van der Waals surface area contributed by atoms with Crippen LogP contribution in [0.1, 0.15) is 86.5 Å². The Morgan fingerprint density at radius 3 is 2.44 bits per heavy atom. The zero-order valence-electron chi connectivity index (χ0n) is 21.3. The molecule has 182 valence electrons. The maximum absolute atomic E-state index is 11.6. The molecule has 4 aliphatic rings. The Bertz CT molecular complexity index is 741. The third kappa shape index (κ3) is 3.85. The molecule has 0 aromatic carbocycles. The zero-order valence-corrected chi connectivity index (χ0v) is 21.3. The van der Waals surface area contributed by atoms with Crippen molar-refractivity contribution in [1.29, 1.82) is 0 Å². The number of aliphatic hydroxyl groups is 3. The summed E-state index contributed by atoms with van der Waals surface area (Å²) in [4.78, 5) is 0. The van der Waals surface area contributed by atoms with Crippen molar-refractivity contribution in [2.45, 2.75) is 105 Å². The SMILES string of the molecule is CC[C@H](/C=C/[C@@H](C)[C@H]1CC[C@H]2[C@H]3[C@H]([C@H](O)C[C@]12C)[C@@]1(C)CC[C@H](O)CC1=C[C@H]3O)C(C)C. The average molecular weight is 445 g/mol. The van der Waals surface area contributed by atoms with Crippen LogP contribution in [0.4, 0.5) is 0 Å². The van der Waals surface area contributed by atoms with E-state index in [1.54, 1.807) is 0 Å². The first-order valence-corrected chi connectivity index (χ1v) is 13.5. The lowest BCUT2D eigenvalue weighted by atomic mass is 9.45. The molecule has 0 aromatic rings. The molecule has 0 aliphatic heterocycles. The molecule has 0 heterocycles. The maximum atomic E-state index is 11.6. The van der Waals surface area contributed by atoms with Crippen LogP contribution in [0.25, 0.3) is 0 Å². The Morgan fingerprint density at radius 1 is 1.06 bits per heavy atom. The highest BCUT2D eigenvalue weighted by atomic mass is 16.3. The summed E-state index contributed by atoms with van der Waals surface area (Å²) in [6, 6.07) is 0. The van der Waals surface area contributed by atoms with Gasteiger partial charge in [0, 0.05) is 0 Å². The molecular weight excluding hydrogens is 396 g/mol. The van der Waals surface area contributed by atoms with Gasteiger partial charge in [0.15, 0.2) is 0 Å². The summed E-state index contributed by atoms with van der Waals surface area (Å²) in [7, 11) is 0. The lowest BCUT2D eigenvalue weighted by Gasteiger charge is -2.61. The molecule has 4 aliphatic carbocycles. The van der Waals surface area contributed by atoms with E-state index >= 15 is 0 Å². The summed E-state index contributed by atoms with van der Waals surface area (Å²) < 4.78 is 0. The average Bonchev–Trinajstić information content (AvgIpc) is 3.05. The second-order valence-corrected chi connectivity index (χ2v) is 12.7. The van der Waals surface area contributed by atoms with Gasteiger partial charge < -0.3 is 15.3 Å². The number of allylic oxidation sites excluding steroid dienone is 2. The molecule has 11 atom stereocenters. The minimum atomic E-state index is -0.498. The van der Waals surface area contributed by atoms with Gasteiger partial charge in [0.25, 0.3) is 0 Å². The third-order valence-electron chi connectivity index (χ3n) is 10.7. The van der Waals surface area contributed by atoms with Crippen LogP contribution in [0.5, 0.6) is 0 Å². The molecule has 0 radical (unpaired) electrons. The molecule has 0 bridgehead atoms. The van der Waals surface area contributed by atoms with Crippen LogP contribution in [0, 0.1) is 52.3 Å². The summed E-state index contributed by atoms with van der Waals surface area (Å²) in [5, 5.41) is 33.2. The number of aliphatic hydroxyl groups excluding tert-OH is 3. The predicted octanol–water partition coefficient (Wildman–Crippen LogP) is 5.74. The summed E-state index contributed by atoms with van der Waals surface area (Å²) in [5.41, 5.74) is 1.18. The fourth-order valence-corrected chi connectivity index (χ4v) is 8.93. The smallest absolute Gasteiger partial charge is 0.0758 e. The molecular formula is C29H48O3. The molecule has 0 spiro atoms. The van der Waals surface area contributed by atoms with Crippen molar-refractivity contribution in [3.8, 4) is 0 Å². The highest BCUT2D eigenvalue weighted by Crippen LogP contribution is 2.67. The first-order chi connectivity index (χ1) is 15.0. The Kier molecular flexibility index (Phi) is 6.78. The van der Waals surface area contributed by atoms with Crippen molar-refractivity contribution >= 4 is 0 Å². The Hall–Kier alpha value is -0.640. The van der Waals surface area contributed by atoms with Crippen LogP contribution < -0.4 is 0 Å². The predicted molar refractivity (Wildman–Crippen MR) is 131 cm³/mol. The minimum Gasteiger partial charge on any atom is -0.393 e. The fourth-order valence-electron chi connectivity index (χ4n) is 8.93. The van der Waals surface area contributed by atoms with Gasteiger partial charge in [0.05, 0.1) is 18.3 Å². The lowest BCUT2D eigenvalue weighted by Crippen LogP contribution is -2.60. The zero-order chi connectivity index (χ0) is 23.4. The van der Waals surface area contributed by atoms with E-state index < -0.39 is 6.10 Å². The van der Waals surface area contributed by atoms with Crippen LogP contribution >= 0.6 is 0 Å². The molecule has 32 heavy (non-hydrogen) atoms. The van der Waals surface area contributed by atoms with Crippen molar-refractivity contribution in [2.75, 3.05) is 0 Å². The van der Waals surface area contributed by atoms with Gasteiger partial charge in [-0.1, -0.05) is 65.3 Å². The van der Waals surface area contributed by atoms with E-state index in [2.05, 4.69) is 59.8 Å². The van der Waals surface area contributed by atoms with Gasteiger partial charge in [0.2, 0.25) is 0 Å². The van der Waals surface area contributed by atoms with Crippen LogP contribution in [0.15, 0.2) is 23.8 Å². The van der Waals surface area contributed by atoms with Gasteiger partial charge in [-0.15, -0.1) is 0 Å². The van der Waals surface area contributed by atoms with Crippen molar-refractivity contribution in [3.05, 3.63) is 23.8 Å². The second-order valence-electron chi connectivity index (χ2n) is 12.7. The van der Waals surface area contributed by atoms with E-state index in [4.69, 9.17) is 0 Å². The molecule has 4 rings (SSSR count). The van der Waals surface area contributed by atoms with Gasteiger partial charge in [0.1, 0.15) is 0 Å². The van der Waals surface area contributed by atoms with Crippen molar-refractivity contribution in [3.63, 3.8) is 0 Å². The maximum Gasteiger partial charge on any atom is 0.0758 e. The van der Waals surface area contributed by atoms with Crippen LogP contribution in [-0.4, -0.2) is 33.6 Å². The molecule has 3 fully saturated rings. The van der Waals surface area contributed by atoms with Gasteiger partial charge in [-0.3, -0.25) is 0 Å². The molecule has 3 saturated carbocycles. The molecule has 3 N–H and O–H groups in total. The summed E-state index contributed by atoms with van der Waals surface area (Å²) in [6.45, 7) is 14.0. The van der Waals surface area contributed by atoms with E-state index in [0.29, 0.717) is 36.0 Å². The summed E-state index contributed by atoms with van der Waals surface area (Å²) in [5.74, 6) is 3.05. The molecule has 0 aromatic heterocycles. The van der Waals surface area contributed by atoms with Crippen molar-refractivity contribution in [1.82, 2.24) is 0 Å².